The van der Waals surface area contributed by atoms with Gasteiger partial charge in [0.1, 0.15) is 0 Å². The van der Waals surface area contributed by atoms with Crippen LogP contribution in [0.2, 0.25) is 5.02 Å². The number of carbonyl (C=O) groups excluding carboxylic acids is 2. The Morgan fingerprint density at radius 3 is 2.39 bits per heavy atom. The fraction of sp³-hybridized carbons (Fsp3) is 0.200. The van der Waals surface area contributed by atoms with Crippen molar-refractivity contribution in [1.29, 1.82) is 0 Å². The van der Waals surface area contributed by atoms with Gasteiger partial charge in [-0.3, -0.25) is 9.59 Å². The maximum Gasteiger partial charge on any atom is 0.417 e. The van der Waals surface area contributed by atoms with Crippen molar-refractivity contribution < 1.29 is 22.8 Å². The zero-order chi connectivity index (χ0) is 20.9. The van der Waals surface area contributed by atoms with E-state index in [-0.39, 0.29) is 18.0 Å². The molecule has 2 amide bonds. The zero-order valence-corrected chi connectivity index (χ0v) is 15.9. The van der Waals surface area contributed by atoms with Gasteiger partial charge in [-0.25, -0.2) is 0 Å². The second-order valence-electron chi connectivity index (χ2n) is 6.18. The molecule has 0 radical (unpaired) electrons. The van der Waals surface area contributed by atoms with E-state index in [2.05, 4.69) is 5.32 Å². The lowest BCUT2D eigenvalue weighted by atomic mass is 10.1. The summed E-state index contributed by atoms with van der Waals surface area (Å²) < 4.78 is 38.6. The van der Waals surface area contributed by atoms with E-state index >= 15 is 0 Å². The predicted octanol–water partition coefficient (Wildman–Crippen LogP) is 4.78. The quantitative estimate of drug-likeness (QED) is 0.721. The van der Waals surface area contributed by atoms with E-state index in [0.717, 1.165) is 28.7 Å². The third-order valence-corrected chi connectivity index (χ3v) is 4.14. The number of carbonyl (C=O) groups is 2. The average molecular weight is 411 g/mol. The number of anilines is 1. The summed E-state index contributed by atoms with van der Waals surface area (Å²) >= 11 is 5.56. The van der Waals surface area contributed by atoms with E-state index in [1.807, 2.05) is 19.1 Å². The maximum atomic E-state index is 12.9. The van der Waals surface area contributed by atoms with Crippen LogP contribution < -0.4 is 5.32 Å². The van der Waals surface area contributed by atoms with Crippen molar-refractivity contribution >= 4 is 35.2 Å². The number of alkyl halides is 3. The molecule has 0 aromatic heterocycles. The molecule has 0 fully saturated rings. The SMILES string of the molecule is Cc1ccc(NC(=O)CN(C)C(=O)/C=C/c2ccc(Cl)c(C(F)(F)F)c2)cc1. The van der Waals surface area contributed by atoms with Gasteiger partial charge in [-0.15, -0.1) is 0 Å². The van der Waals surface area contributed by atoms with E-state index in [1.165, 1.54) is 19.2 Å². The molecule has 2 rings (SSSR count). The van der Waals surface area contributed by atoms with Crippen LogP contribution >= 0.6 is 11.6 Å². The van der Waals surface area contributed by atoms with Crippen LogP contribution in [-0.4, -0.2) is 30.3 Å². The van der Waals surface area contributed by atoms with Crippen LogP contribution in [0.4, 0.5) is 18.9 Å². The van der Waals surface area contributed by atoms with Gasteiger partial charge in [0.25, 0.3) is 0 Å². The minimum atomic E-state index is -4.59. The highest BCUT2D eigenvalue weighted by molar-refractivity contribution is 6.31. The molecule has 0 unspecified atom stereocenters. The number of rotatable bonds is 5. The molecule has 0 atom stereocenters. The highest BCUT2D eigenvalue weighted by Crippen LogP contribution is 2.35. The van der Waals surface area contributed by atoms with E-state index in [9.17, 15) is 22.8 Å². The lowest BCUT2D eigenvalue weighted by Gasteiger charge is -2.15. The summed E-state index contributed by atoms with van der Waals surface area (Å²) in [6.07, 6.45) is -2.25. The van der Waals surface area contributed by atoms with Gasteiger partial charge in [-0.1, -0.05) is 35.4 Å². The van der Waals surface area contributed by atoms with Crippen molar-refractivity contribution in [1.82, 2.24) is 4.90 Å². The Balaban J connectivity index is 1.98. The van der Waals surface area contributed by atoms with Crippen LogP contribution in [0.15, 0.2) is 48.5 Å². The first-order chi connectivity index (χ1) is 13.1. The van der Waals surface area contributed by atoms with Gasteiger partial charge in [0.05, 0.1) is 17.1 Å². The van der Waals surface area contributed by atoms with Crippen molar-refractivity contribution in [2.45, 2.75) is 13.1 Å². The van der Waals surface area contributed by atoms with Crippen molar-refractivity contribution in [3.63, 3.8) is 0 Å². The number of aryl methyl sites for hydroxylation is 1. The van der Waals surface area contributed by atoms with E-state index in [4.69, 9.17) is 11.6 Å². The average Bonchev–Trinajstić information content (AvgIpc) is 2.61. The molecular weight excluding hydrogens is 393 g/mol. The summed E-state index contributed by atoms with van der Waals surface area (Å²) in [5, 5.41) is 2.25. The molecule has 0 aliphatic carbocycles. The standard InChI is InChI=1S/C20H18ClF3N2O2/c1-13-3-7-15(8-4-13)25-18(27)12-26(2)19(28)10-6-14-5-9-17(21)16(11-14)20(22,23)24/h3-11H,12H2,1-2H3,(H,25,27)/b10-6+. The second kappa shape index (κ2) is 8.93. The van der Waals surface area contributed by atoms with Crippen LogP contribution in [0.3, 0.4) is 0 Å². The second-order valence-corrected chi connectivity index (χ2v) is 6.59. The molecule has 2 aromatic carbocycles. The van der Waals surface area contributed by atoms with Crippen molar-refractivity contribution in [3.05, 3.63) is 70.3 Å². The summed E-state index contributed by atoms with van der Waals surface area (Å²) in [5.41, 5.74) is 0.844. The first-order valence-corrected chi connectivity index (χ1v) is 8.60. The largest absolute Gasteiger partial charge is 0.417 e. The molecule has 4 nitrogen and oxygen atoms in total. The molecule has 8 heteroatoms. The number of amides is 2. The molecule has 0 spiro atoms. The van der Waals surface area contributed by atoms with E-state index in [1.54, 1.807) is 12.1 Å². The number of nitrogens with one attached hydrogen (secondary N) is 1. The van der Waals surface area contributed by atoms with Gasteiger partial charge >= 0.3 is 6.18 Å². The summed E-state index contributed by atoms with van der Waals surface area (Å²) in [6.45, 7) is 1.72. The summed E-state index contributed by atoms with van der Waals surface area (Å²) in [6, 6.07) is 10.5. The van der Waals surface area contributed by atoms with Crippen LogP contribution in [0.5, 0.6) is 0 Å². The number of halogens is 4. The van der Waals surface area contributed by atoms with Gasteiger partial charge in [-0.2, -0.15) is 13.2 Å². The van der Waals surface area contributed by atoms with Gasteiger partial charge in [0.2, 0.25) is 11.8 Å². The smallest absolute Gasteiger partial charge is 0.333 e. The Kier molecular flexibility index (Phi) is 6.85. The highest BCUT2D eigenvalue weighted by Gasteiger charge is 2.33. The van der Waals surface area contributed by atoms with Crippen molar-refractivity contribution in [2.24, 2.45) is 0 Å². The van der Waals surface area contributed by atoms with E-state index in [0.29, 0.717) is 5.69 Å². The molecule has 28 heavy (non-hydrogen) atoms. The minimum Gasteiger partial charge on any atom is -0.333 e. The fourth-order valence-corrected chi connectivity index (χ4v) is 2.51. The first kappa shape index (κ1) is 21.5. The maximum absolute atomic E-state index is 12.9. The third-order valence-electron chi connectivity index (χ3n) is 3.81. The number of benzene rings is 2. The Morgan fingerprint density at radius 2 is 1.79 bits per heavy atom. The number of likely N-dealkylation sites (N-methyl/N-ethyl adjacent to an activating group) is 1. The lowest BCUT2D eigenvalue weighted by Crippen LogP contribution is -2.33. The molecule has 2 aromatic rings. The number of hydrogen-bond donors (Lipinski definition) is 1. The minimum absolute atomic E-state index is 0.169. The Labute approximate surface area is 165 Å². The Hall–Kier alpha value is -2.80. The van der Waals surface area contributed by atoms with Crippen LogP contribution in [0.25, 0.3) is 6.08 Å². The van der Waals surface area contributed by atoms with Crippen molar-refractivity contribution in [2.75, 3.05) is 18.9 Å². The summed E-state index contributed by atoms with van der Waals surface area (Å²) in [7, 11) is 1.42. The van der Waals surface area contributed by atoms with Crippen LogP contribution in [-0.2, 0) is 15.8 Å². The lowest BCUT2D eigenvalue weighted by molar-refractivity contribution is -0.137. The number of hydrogen-bond acceptors (Lipinski definition) is 2. The highest BCUT2D eigenvalue weighted by atomic mass is 35.5. The van der Waals surface area contributed by atoms with Crippen molar-refractivity contribution in [3.8, 4) is 0 Å². The third kappa shape index (κ3) is 6.13. The fourth-order valence-electron chi connectivity index (χ4n) is 2.29. The summed E-state index contributed by atoms with van der Waals surface area (Å²) in [5.74, 6) is -0.915. The molecule has 1 N–H and O–H groups in total. The Morgan fingerprint density at radius 1 is 1.14 bits per heavy atom. The predicted molar refractivity (Wildman–Crippen MR) is 103 cm³/mol. The molecule has 148 valence electrons. The van der Waals surface area contributed by atoms with E-state index < -0.39 is 22.7 Å². The van der Waals surface area contributed by atoms with Gasteiger partial charge in [0, 0.05) is 18.8 Å². The molecule has 0 aliphatic heterocycles. The van der Waals surface area contributed by atoms with Gasteiger partial charge in [0.15, 0.2) is 0 Å². The topological polar surface area (TPSA) is 49.4 Å². The molecular formula is C20H18ClF3N2O2. The Bertz CT molecular complexity index is 893. The monoisotopic (exact) mass is 410 g/mol. The molecule has 0 heterocycles. The molecule has 0 bridgehead atoms. The van der Waals surface area contributed by atoms with Gasteiger partial charge in [-0.05, 0) is 42.8 Å². The van der Waals surface area contributed by atoms with Crippen LogP contribution in [0.1, 0.15) is 16.7 Å². The molecule has 0 saturated carbocycles. The summed E-state index contributed by atoms with van der Waals surface area (Å²) in [4.78, 5) is 25.3. The molecule has 0 saturated heterocycles. The zero-order valence-electron chi connectivity index (χ0n) is 15.2. The number of nitrogens with zero attached hydrogens (tertiary/aromatic N) is 1. The van der Waals surface area contributed by atoms with Gasteiger partial charge < -0.3 is 10.2 Å². The molecule has 0 aliphatic rings. The normalized spacial score (nSPS) is 11.5. The first-order valence-electron chi connectivity index (χ1n) is 8.22. The van der Waals surface area contributed by atoms with Crippen LogP contribution in [0, 0.1) is 6.92 Å².